The minimum absolute atomic E-state index is 0.256. The fourth-order valence-corrected chi connectivity index (χ4v) is 2.98. The maximum Gasteiger partial charge on any atom is 0.276 e. The lowest BCUT2D eigenvalue weighted by Gasteiger charge is -2.08. The molecule has 1 unspecified atom stereocenters. The number of rotatable bonds is 8. The van der Waals surface area contributed by atoms with Crippen LogP contribution in [0.3, 0.4) is 0 Å². The lowest BCUT2D eigenvalue weighted by atomic mass is 9.98. The fraction of sp³-hybridized carbons (Fsp3) is 0.263. The van der Waals surface area contributed by atoms with E-state index in [1.807, 2.05) is 18.2 Å². The van der Waals surface area contributed by atoms with Crippen LogP contribution in [-0.4, -0.2) is 22.6 Å². The number of thioether (sulfide) groups is 1. The normalized spacial score (nSPS) is 12.1. The first-order chi connectivity index (χ1) is 12.2. The molecule has 130 valence electrons. The van der Waals surface area contributed by atoms with Crippen LogP contribution in [0.5, 0.6) is 5.75 Å². The summed E-state index contributed by atoms with van der Waals surface area (Å²) in [6.07, 6.45) is 0.698. The zero-order valence-electron chi connectivity index (χ0n) is 13.9. The number of hydrogen-bond acceptors (Lipinski definition) is 5. The molecule has 0 amide bonds. The second kappa shape index (κ2) is 8.67. The molecule has 6 heteroatoms. The van der Waals surface area contributed by atoms with E-state index in [2.05, 4.69) is 29.3 Å². The van der Waals surface area contributed by atoms with Crippen LogP contribution >= 0.6 is 11.8 Å². The number of para-hydroxylation sites is 1. The zero-order valence-corrected chi connectivity index (χ0v) is 14.7. The molecule has 0 aliphatic carbocycles. The Balaban J connectivity index is 1.45. The summed E-state index contributed by atoms with van der Waals surface area (Å²) in [6, 6.07) is 16.6. The summed E-state index contributed by atoms with van der Waals surface area (Å²) in [5, 5.41) is 8.64. The highest BCUT2D eigenvalue weighted by Gasteiger charge is 2.12. The van der Waals surface area contributed by atoms with Gasteiger partial charge >= 0.3 is 0 Å². The van der Waals surface area contributed by atoms with Gasteiger partial charge in [0.25, 0.3) is 5.22 Å². The fourth-order valence-electron chi connectivity index (χ4n) is 2.38. The van der Waals surface area contributed by atoms with E-state index in [9.17, 15) is 4.39 Å². The summed E-state index contributed by atoms with van der Waals surface area (Å²) >= 11 is 1.40. The smallest absolute Gasteiger partial charge is 0.276 e. The zero-order chi connectivity index (χ0) is 17.5. The van der Waals surface area contributed by atoms with Gasteiger partial charge in [0.2, 0.25) is 5.89 Å². The Hall–Kier alpha value is -2.34. The lowest BCUT2D eigenvalue weighted by Crippen LogP contribution is -2.01. The van der Waals surface area contributed by atoms with Gasteiger partial charge in [0.15, 0.2) is 11.6 Å². The average molecular weight is 358 g/mol. The highest BCUT2D eigenvalue weighted by Crippen LogP contribution is 2.22. The van der Waals surface area contributed by atoms with E-state index in [-0.39, 0.29) is 11.6 Å². The quantitative estimate of drug-likeness (QED) is 0.430. The SMILES string of the molecule is CC(Cc1nnc(SCCOc2ccccc2F)o1)c1ccccc1. The van der Waals surface area contributed by atoms with E-state index >= 15 is 0 Å². The molecule has 2 aromatic carbocycles. The Morgan fingerprint density at radius 3 is 2.64 bits per heavy atom. The first-order valence-corrected chi connectivity index (χ1v) is 9.08. The van der Waals surface area contributed by atoms with Crippen LogP contribution in [0.2, 0.25) is 0 Å². The second-order valence-corrected chi connectivity index (χ2v) is 6.65. The van der Waals surface area contributed by atoms with E-state index < -0.39 is 0 Å². The van der Waals surface area contributed by atoms with Crippen molar-refractivity contribution in [3.8, 4) is 5.75 Å². The molecule has 0 radical (unpaired) electrons. The van der Waals surface area contributed by atoms with Crippen molar-refractivity contribution in [2.75, 3.05) is 12.4 Å². The van der Waals surface area contributed by atoms with Crippen LogP contribution in [0.1, 0.15) is 24.3 Å². The summed E-state index contributed by atoms with van der Waals surface area (Å²) in [6.45, 7) is 2.50. The van der Waals surface area contributed by atoms with Crippen LogP contribution in [0.25, 0.3) is 0 Å². The van der Waals surface area contributed by atoms with Crippen molar-refractivity contribution in [3.05, 3.63) is 71.9 Å². The molecule has 0 bridgehead atoms. The summed E-state index contributed by atoms with van der Waals surface area (Å²) in [4.78, 5) is 0. The van der Waals surface area contributed by atoms with Crippen molar-refractivity contribution < 1.29 is 13.5 Å². The predicted octanol–water partition coefficient (Wildman–Crippen LogP) is 4.73. The van der Waals surface area contributed by atoms with Crippen LogP contribution in [0.4, 0.5) is 4.39 Å². The molecule has 0 saturated carbocycles. The predicted molar refractivity (Wildman–Crippen MR) is 95.5 cm³/mol. The van der Waals surface area contributed by atoms with Gasteiger partial charge in [-0.15, -0.1) is 10.2 Å². The molecule has 0 aliphatic heterocycles. The van der Waals surface area contributed by atoms with Gasteiger partial charge in [-0.05, 0) is 23.6 Å². The van der Waals surface area contributed by atoms with E-state index in [0.29, 0.717) is 35.8 Å². The van der Waals surface area contributed by atoms with Crippen molar-refractivity contribution in [1.29, 1.82) is 0 Å². The maximum atomic E-state index is 13.4. The largest absolute Gasteiger partial charge is 0.490 e. The number of nitrogens with zero attached hydrogens (tertiary/aromatic N) is 2. The van der Waals surface area contributed by atoms with Gasteiger partial charge < -0.3 is 9.15 Å². The third kappa shape index (κ3) is 5.06. The van der Waals surface area contributed by atoms with Gasteiger partial charge in [-0.3, -0.25) is 0 Å². The van der Waals surface area contributed by atoms with Crippen molar-refractivity contribution in [1.82, 2.24) is 10.2 Å². The van der Waals surface area contributed by atoms with Crippen molar-refractivity contribution in [3.63, 3.8) is 0 Å². The summed E-state index contributed by atoms with van der Waals surface area (Å²) in [5.74, 6) is 1.43. The standard InChI is InChI=1S/C19H19FN2O2S/c1-14(15-7-3-2-4-8-15)13-18-21-22-19(24-18)25-12-11-23-17-10-6-5-9-16(17)20/h2-10,14H,11-13H2,1H3. The Morgan fingerprint density at radius 2 is 1.84 bits per heavy atom. The topological polar surface area (TPSA) is 48.2 Å². The summed E-state index contributed by atoms with van der Waals surface area (Å²) < 4.78 is 24.5. The number of aromatic nitrogens is 2. The highest BCUT2D eigenvalue weighted by atomic mass is 32.2. The minimum atomic E-state index is -0.359. The molecule has 1 heterocycles. The Kier molecular flexibility index (Phi) is 6.06. The Labute approximate surface area is 150 Å². The minimum Gasteiger partial charge on any atom is -0.490 e. The van der Waals surface area contributed by atoms with Gasteiger partial charge in [-0.2, -0.15) is 0 Å². The number of halogens is 1. The molecule has 25 heavy (non-hydrogen) atoms. The van der Waals surface area contributed by atoms with Crippen LogP contribution in [0, 0.1) is 5.82 Å². The molecular formula is C19H19FN2O2S. The van der Waals surface area contributed by atoms with E-state index in [4.69, 9.17) is 9.15 Å². The molecule has 0 spiro atoms. The van der Waals surface area contributed by atoms with Gasteiger partial charge in [0.05, 0.1) is 6.61 Å². The lowest BCUT2D eigenvalue weighted by molar-refractivity contribution is 0.324. The number of hydrogen-bond donors (Lipinski definition) is 0. The second-order valence-electron chi connectivity index (χ2n) is 5.60. The summed E-state index contributed by atoms with van der Waals surface area (Å²) in [5.41, 5.74) is 1.24. The molecule has 0 N–H and O–H groups in total. The molecule has 3 aromatic rings. The molecule has 1 atom stereocenters. The molecule has 0 fully saturated rings. The maximum absolute atomic E-state index is 13.4. The molecule has 4 nitrogen and oxygen atoms in total. The van der Waals surface area contributed by atoms with E-state index in [1.165, 1.54) is 23.4 Å². The number of ether oxygens (including phenoxy) is 1. The van der Waals surface area contributed by atoms with Crippen LogP contribution in [0.15, 0.2) is 64.2 Å². The Bertz CT molecular complexity index is 795. The van der Waals surface area contributed by atoms with E-state index in [0.717, 1.165) is 0 Å². The van der Waals surface area contributed by atoms with Crippen LogP contribution in [-0.2, 0) is 6.42 Å². The van der Waals surface area contributed by atoms with Gasteiger partial charge in [-0.1, -0.05) is 61.2 Å². The van der Waals surface area contributed by atoms with Crippen molar-refractivity contribution in [2.45, 2.75) is 24.5 Å². The van der Waals surface area contributed by atoms with Gasteiger partial charge in [0.1, 0.15) is 0 Å². The molecule has 3 rings (SSSR count). The molecule has 1 aromatic heterocycles. The van der Waals surface area contributed by atoms with Gasteiger partial charge in [0, 0.05) is 12.2 Å². The highest BCUT2D eigenvalue weighted by molar-refractivity contribution is 7.99. The summed E-state index contributed by atoms with van der Waals surface area (Å²) in [7, 11) is 0. The third-order valence-corrected chi connectivity index (χ3v) is 4.48. The first-order valence-electron chi connectivity index (χ1n) is 8.10. The molecule has 0 aliphatic rings. The van der Waals surface area contributed by atoms with Gasteiger partial charge in [-0.25, -0.2) is 4.39 Å². The average Bonchev–Trinajstić information content (AvgIpc) is 3.08. The van der Waals surface area contributed by atoms with Crippen molar-refractivity contribution in [2.24, 2.45) is 0 Å². The molecular weight excluding hydrogens is 339 g/mol. The Morgan fingerprint density at radius 1 is 1.08 bits per heavy atom. The van der Waals surface area contributed by atoms with Crippen molar-refractivity contribution >= 4 is 11.8 Å². The van der Waals surface area contributed by atoms with Crippen LogP contribution < -0.4 is 4.74 Å². The number of benzene rings is 2. The first kappa shape index (κ1) is 17.5. The van der Waals surface area contributed by atoms with E-state index in [1.54, 1.807) is 18.2 Å². The molecule has 0 saturated heterocycles. The third-order valence-electron chi connectivity index (χ3n) is 3.70. The monoisotopic (exact) mass is 358 g/mol.